The predicted octanol–water partition coefficient (Wildman–Crippen LogP) is 3.73. The zero-order valence-electron chi connectivity index (χ0n) is 10.8. The Labute approximate surface area is 122 Å². The minimum Gasteiger partial charge on any atom is -0.352 e. The zero-order chi connectivity index (χ0) is 13.7. The maximum Gasteiger partial charge on any atom is 0.251 e. The van der Waals surface area contributed by atoms with E-state index in [0.29, 0.717) is 12.1 Å². The summed E-state index contributed by atoms with van der Waals surface area (Å²) in [6.45, 7) is 2.72. The predicted molar refractivity (Wildman–Crippen MR) is 81.4 cm³/mol. The van der Waals surface area contributed by atoms with E-state index < -0.39 is 0 Å². The molecule has 3 heteroatoms. The second-order valence-electron chi connectivity index (χ2n) is 4.50. The number of halogens is 1. The number of rotatable bonds is 4. The number of benzene rings is 2. The molecule has 0 aliphatic heterocycles. The first kappa shape index (κ1) is 13.8. The number of aryl methyl sites for hydroxylation is 1. The lowest BCUT2D eigenvalue weighted by atomic mass is 10.1. The van der Waals surface area contributed by atoms with Crippen LogP contribution in [-0.2, 0) is 6.42 Å². The molecule has 2 rings (SSSR count). The summed E-state index contributed by atoms with van der Waals surface area (Å²) >= 11 is 3.35. The van der Waals surface area contributed by atoms with Crippen molar-refractivity contribution in [2.75, 3.05) is 6.54 Å². The molecule has 0 atom stereocenters. The molecule has 0 fully saturated rings. The molecule has 1 amide bonds. The minimum atomic E-state index is -0.0281. The summed E-state index contributed by atoms with van der Waals surface area (Å²) in [6.07, 6.45) is 0.850. The van der Waals surface area contributed by atoms with Crippen LogP contribution in [0.4, 0.5) is 0 Å². The molecule has 0 bridgehead atoms. The van der Waals surface area contributed by atoms with Crippen LogP contribution in [0, 0.1) is 6.92 Å². The summed E-state index contributed by atoms with van der Waals surface area (Å²) in [5, 5.41) is 2.93. The van der Waals surface area contributed by atoms with E-state index in [1.807, 2.05) is 24.3 Å². The van der Waals surface area contributed by atoms with Gasteiger partial charge in [-0.1, -0.05) is 45.8 Å². The van der Waals surface area contributed by atoms with Crippen LogP contribution in [0.1, 0.15) is 21.5 Å². The summed E-state index contributed by atoms with van der Waals surface area (Å²) in [7, 11) is 0. The average Bonchev–Trinajstić information content (AvgIpc) is 2.41. The normalized spacial score (nSPS) is 10.2. The molecule has 2 aromatic carbocycles. The van der Waals surface area contributed by atoms with Crippen molar-refractivity contribution >= 4 is 21.8 Å². The fraction of sp³-hybridized carbons (Fsp3) is 0.188. The third-order valence-corrected chi connectivity index (χ3v) is 3.45. The second-order valence-corrected chi connectivity index (χ2v) is 5.41. The lowest BCUT2D eigenvalue weighted by Gasteiger charge is -2.06. The lowest BCUT2D eigenvalue weighted by molar-refractivity contribution is 0.0954. The number of carbonyl (C=O) groups is 1. The van der Waals surface area contributed by atoms with Crippen molar-refractivity contribution in [2.45, 2.75) is 13.3 Å². The van der Waals surface area contributed by atoms with Crippen LogP contribution in [0.25, 0.3) is 0 Å². The summed E-state index contributed by atoms with van der Waals surface area (Å²) in [6, 6.07) is 15.7. The van der Waals surface area contributed by atoms with Crippen LogP contribution < -0.4 is 5.32 Å². The van der Waals surface area contributed by atoms with Gasteiger partial charge in [0.15, 0.2) is 0 Å². The molecule has 98 valence electrons. The molecular weight excluding hydrogens is 302 g/mol. The van der Waals surface area contributed by atoms with Gasteiger partial charge in [0.25, 0.3) is 5.91 Å². The molecular formula is C16H16BrNO. The highest BCUT2D eigenvalue weighted by atomic mass is 79.9. The molecule has 1 N–H and O–H groups in total. The Balaban J connectivity index is 1.84. The largest absolute Gasteiger partial charge is 0.352 e. The van der Waals surface area contributed by atoms with Crippen LogP contribution in [0.3, 0.4) is 0 Å². The van der Waals surface area contributed by atoms with Gasteiger partial charge in [-0.2, -0.15) is 0 Å². The SMILES string of the molecule is Cc1ccc(CCNC(=O)c2ccc(Br)cc2)cc1. The number of hydrogen-bond donors (Lipinski definition) is 1. The first-order chi connectivity index (χ1) is 9.15. The van der Waals surface area contributed by atoms with Gasteiger partial charge in [-0.15, -0.1) is 0 Å². The van der Waals surface area contributed by atoms with Gasteiger partial charge in [-0.05, 0) is 43.2 Å². The van der Waals surface area contributed by atoms with Gasteiger partial charge in [0.2, 0.25) is 0 Å². The van der Waals surface area contributed by atoms with Crippen molar-refractivity contribution in [3.8, 4) is 0 Å². The van der Waals surface area contributed by atoms with E-state index in [2.05, 4.69) is 52.4 Å². The first-order valence-electron chi connectivity index (χ1n) is 6.24. The van der Waals surface area contributed by atoms with E-state index >= 15 is 0 Å². The van der Waals surface area contributed by atoms with Gasteiger partial charge in [0.1, 0.15) is 0 Å². The Kier molecular flexibility index (Phi) is 4.74. The van der Waals surface area contributed by atoms with Crippen LogP contribution >= 0.6 is 15.9 Å². The Morgan fingerprint density at radius 2 is 1.68 bits per heavy atom. The topological polar surface area (TPSA) is 29.1 Å². The molecule has 2 nitrogen and oxygen atoms in total. The lowest BCUT2D eigenvalue weighted by Crippen LogP contribution is -2.25. The summed E-state index contributed by atoms with van der Waals surface area (Å²) in [5.41, 5.74) is 3.18. The summed E-state index contributed by atoms with van der Waals surface area (Å²) in [4.78, 5) is 11.9. The molecule has 0 radical (unpaired) electrons. The van der Waals surface area contributed by atoms with Crippen molar-refractivity contribution in [1.29, 1.82) is 0 Å². The molecule has 0 unspecified atom stereocenters. The van der Waals surface area contributed by atoms with E-state index in [-0.39, 0.29) is 5.91 Å². The van der Waals surface area contributed by atoms with E-state index in [4.69, 9.17) is 0 Å². The Morgan fingerprint density at radius 3 is 2.32 bits per heavy atom. The maximum atomic E-state index is 11.9. The minimum absolute atomic E-state index is 0.0281. The summed E-state index contributed by atoms with van der Waals surface area (Å²) < 4.78 is 0.976. The highest BCUT2D eigenvalue weighted by Gasteiger charge is 2.04. The van der Waals surface area contributed by atoms with Gasteiger partial charge < -0.3 is 5.32 Å². The number of carbonyl (C=O) groups excluding carboxylic acids is 1. The molecule has 0 saturated heterocycles. The molecule has 0 aliphatic carbocycles. The Hall–Kier alpha value is -1.61. The molecule has 0 saturated carbocycles. The molecule has 0 spiro atoms. The van der Waals surface area contributed by atoms with Gasteiger partial charge in [0, 0.05) is 16.6 Å². The van der Waals surface area contributed by atoms with Crippen molar-refractivity contribution < 1.29 is 4.79 Å². The van der Waals surface area contributed by atoms with Gasteiger partial charge in [0.05, 0.1) is 0 Å². The van der Waals surface area contributed by atoms with Gasteiger partial charge in [-0.3, -0.25) is 4.79 Å². The van der Waals surface area contributed by atoms with Crippen LogP contribution in [0.5, 0.6) is 0 Å². The van der Waals surface area contributed by atoms with E-state index in [0.717, 1.165) is 10.9 Å². The molecule has 0 aromatic heterocycles. The van der Waals surface area contributed by atoms with Gasteiger partial charge >= 0.3 is 0 Å². The van der Waals surface area contributed by atoms with E-state index in [1.165, 1.54) is 11.1 Å². The quantitative estimate of drug-likeness (QED) is 0.914. The monoisotopic (exact) mass is 317 g/mol. The zero-order valence-corrected chi connectivity index (χ0v) is 12.4. The van der Waals surface area contributed by atoms with Crippen LogP contribution in [0.15, 0.2) is 53.0 Å². The molecule has 0 heterocycles. The Morgan fingerprint density at radius 1 is 1.05 bits per heavy atom. The van der Waals surface area contributed by atoms with Crippen LogP contribution in [-0.4, -0.2) is 12.5 Å². The maximum absolute atomic E-state index is 11.9. The molecule has 19 heavy (non-hydrogen) atoms. The van der Waals surface area contributed by atoms with Crippen molar-refractivity contribution in [1.82, 2.24) is 5.32 Å². The number of hydrogen-bond acceptors (Lipinski definition) is 1. The fourth-order valence-electron chi connectivity index (χ4n) is 1.78. The fourth-order valence-corrected chi connectivity index (χ4v) is 2.04. The Bertz CT molecular complexity index is 546. The van der Waals surface area contributed by atoms with Gasteiger partial charge in [-0.25, -0.2) is 0 Å². The highest BCUT2D eigenvalue weighted by Crippen LogP contribution is 2.10. The second kappa shape index (κ2) is 6.53. The highest BCUT2D eigenvalue weighted by molar-refractivity contribution is 9.10. The molecule has 2 aromatic rings. The third kappa shape index (κ3) is 4.21. The summed E-state index contributed by atoms with van der Waals surface area (Å²) in [5.74, 6) is -0.0281. The number of nitrogens with one attached hydrogen (secondary N) is 1. The first-order valence-corrected chi connectivity index (χ1v) is 7.04. The van der Waals surface area contributed by atoms with Crippen molar-refractivity contribution in [3.05, 3.63) is 69.7 Å². The average molecular weight is 318 g/mol. The van der Waals surface area contributed by atoms with E-state index in [1.54, 1.807) is 0 Å². The molecule has 0 aliphatic rings. The van der Waals surface area contributed by atoms with Crippen molar-refractivity contribution in [3.63, 3.8) is 0 Å². The standard InChI is InChI=1S/C16H16BrNO/c1-12-2-4-13(5-3-12)10-11-18-16(19)14-6-8-15(17)9-7-14/h2-9H,10-11H2,1H3,(H,18,19). The van der Waals surface area contributed by atoms with E-state index in [9.17, 15) is 4.79 Å². The number of amides is 1. The smallest absolute Gasteiger partial charge is 0.251 e. The van der Waals surface area contributed by atoms with Crippen LogP contribution in [0.2, 0.25) is 0 Å². The van der Waals surface area contributed by atoms with Crippen molar-refractivity contribution in [2.24, 2.45) is 0 Å². The third-order valence-electron chi connectivity index (χ3n) is 2.93.